The third kappa shape index (κ3) is 1.71. The number of pyridine rings is 1. The van der Waals surface area contributed by atoms with Crippen molar-refractivity contribution in [3.8, 4) is 11.4 Å². The van der Waals surface area contributed by atoms with Crippen LogP contribution in [0.3, 0.4) is 0 Å². The van der Waals surface area contributed by atoms with E-state index in [-0.39, 0.29) is 5.54 Å². The summed E-state index contributed by atoms with van der Waals surface area (Å²) in [5.74, 6) is 0.923. The van der Waals surface area contributed by atoms with Crippen LogP contribution >= 0.6 is 11.3 Å². The predicted molar refractivity (Wildman–Crippen MR) is 73.6 cm³/mol. The Morgan fingerprint density at radius 3 is 2.78 bits per heavy atom. The number of aromatic nitrogens is 4. The molecule has 5 heteroatoms. The van der Waals surface area contributed by atoms with Gasteiger partial charge in [0.2, 0.25) is 0 Å². The molecule has 0 N–H and O–H groups in total. The topological polar surface area (TPSA) is 43.6 Å². The largest absolute Gasteiger partial charge is 0.326 e. The second-order valence-corrected chi connectivity index (χ2v) is 6.06. The van der Waals surface area contributed by atoms with Crippen molar-refractivity contribution in [2.45, 2.75) is 26.3 Å². The summed E-state index contributed by atoms with van der Waals surface area (Å²) in [6.45, 7) is 6.48. The lowest BCUT2D eigenvalue weighted by atomic mass is 10.1. The standard InChI is InChI=1S/C13H14N4S/c1-13(2,3)17-5-4-15-12(17)9-6-14-7-10-11(9)16-8-18-10/h4-8H,1-3H3. The van der Waals surface area contributed by atoms with E-state index in [1.807, 2.05) is 30.3 Å². The van der Waals surface area contributed by atoms with Crippen LogP contribution in [0.25, 0.3) is 21.6 Å². The summed E-state index contributed by atoms with van der Waals surface area (Å²) in [5.41, 5.74) is 3.81. The van der Waals surface area contributed by atoms with Crippen LogP contribution in [0.5, 0.6) is 0 Å². The van der Waals surface area contributed by atoms with E-state index in [1.54, 1.807) is 11.3 Å². The van der Waals surface area contributed by atoms with Crippen molar-refractivity contribution in [2.75, 3.05) is 0 Å². The molecular formula is C13H14N4S. The molecule has 0 fully saturated rings. The molecule has 0 saturated carbocycles. The first-order valence-electron chi connectivity index (χ1n) is 5.79. The minimum absolute atomic E-state index is 0.00990. The third-order valence-electron chi connectivity index (χ3n) is 2.85. The maximum atomic E-state index is 4.47. The van der Waals surface area contributed by atoms with Gasteiger partial charge in [-0.2, -0.15) is 0 Å². The minimum Gasteiger partial charge on any atom is -0.326 e. The summed E-state index contributed by atoms with van der Waals surface area (Å²) < 4.78 is 3.25. The maximum Gasteiger partial charge on any atom is 0.144 e. The smallest absolute Gasteiger partial charge is 0.144 e. The quantitative estimate of drug-likeness (QED) is 0.672. The van der Waals surface area contributed by atoms with Crippen molar-refractivity contribution in [2.24, 2.45) is 0 Å². The Labute approximate surface area is 109 Å². The van der Waals surface area contributed by atoms with E-state index in [9.17, 15) is 0 Å². The fourth-order valence-electron chi connectivity index (χ4n) is 2.00. The fraction of sp³-hybridized carbons (Fsp3) is 0.308. The van der Waals surface area contributed by atoms with Gasteiger partial charge in [0.1, 0.15) is 5.82 Å². The highest BCUT2D eigenvalue weighted by atomic mass is 32.1. The zero-order valence-corrected chi connectivity index (χ0v) is 11.4. The first-order valence-corrected chi connectivity index (χ1v) is 6.67. The lowest BCUT2D eigenvalue weighted by molar-refractivity contribution is 0.401. The SMILES string of the molecule is CC(C)(C)n1ccnc1-c1cncc2scnc12. The summed E-state index contributed by atoms with van der Waals surface area (Å²) in [6.07, 6.45) is 7.51. The van der Waals surface area contributed by atoms with Gasteiger partial charge in [0.15, 0.2) is 0 Å². The zero-order valence-electron chi connectivity index (χ0n) is 10.6. The number of fused-ring (bicyclic) bond motifs is 1. The Morgan fingerprint density at radius 2 is 2.00 bits per heavy atom. The average Bonchev–Trinajstić information content (AvgIpc) is 2.96. The molecule has 92 valence electrons. The number of hydrogen-bond donors (Lipinski definition) is 0. The highest BCUT2D eigenvalue weighted by Crippen LogP contribution is 2.30. The molecule has 0 unspecified atom stereocenters. The second kappa shape index (κ2) is 3.88. The molecule has 0 aliphatic rings. The van der Waals surface area contributed by atoms with Crippen LogP contribution in [0, 0.1) is 0 Å². The number of thiazole rings is 1. The fourth-order valence-corrected chi connectivity index (χ4v) is 2.67. The number of rotatable bonds is 1. The first-order chi connectivity index (χ1) is 8.57. The lowest BCUT2D eigenvalue weighted by Crippen LogP contribution is -2.21. The second-order valence-electron chi connectivity index (χ2n) is 5.18. The van der Waals surface area contributed by atoms with Gasteiger partial charge in [-0.05, 0) is 20.8 Å². The first kappa shape index (κ1) is 11.3. The highest BCUT2D eigenvalue weighted by Gasteiger charge is 2.19. The van der Waals surface area contributed by atoms with E-state index in [4.69, 9.17) is 0 Å². The summed E-state index contributed by atoms with van der Waals surface area (Å²) in [5, 5.41) is 0. The lowest BCUT2D eigenvalue weighted by Gasteiger charge is -2.23. The van der Waals surface area contributed by atoms with Crippen molar-refractivity contribution in [3.05, 3.63) is 30.3 Å². The van der Waals surface area contributed by atoms with Crippen molar-refractivity contribution >= 4 is 21.6 Å². The molecule has 3 rings (SSSR count). The normalized spacial score (nSPS) is 12.2. The van der Waals surface area contributed by atoms with Gasteiger partial charge in [0.05, 0.1) is 21.3 Å². The van der Waals surface area contributed by atoms with Gasteiger partial charge in [-0.25, -0.2) is 9.97 Å². The Kier molecular flexibility index (Phi) is 2.45. The molecule has 0 bridgehead atoms. The van der Waals surface area contributed by atoms with E-state index in [2.05, 4.69) is 40.3 Å². The molecule has 0 radical (unpaired) electrons. The summed E-state index contributed by atoms with van der Waals surface area (Å²) in [7, 11) is 0. The van der Waals surface area contributed by atoms with Crippen LogP contribution in [-0.4, -0.2) is 19.5 Å². The summed E-state index contributed by atoms with van der Waals surface area (Å²) >= 11 is 1.60. The van der Waals surface area contributed by atoms with Gasteiger partial charge in [-0.15, -0.1) is 11.3 Å². The third-order valence-corrected chi connectivity index (χ3v) is 3.61. The van der Waals surface area contributed by atoms with Crippen LogP contribution in [0.4, 0.5) is 0 Å². The van der Waals surface area contributed by atoms with E-state index in [0.29, 0.717) is 0 Å². The zero-order chi connectivity index (χ0) is 12.8. The Balaban J connectivity index is 2.27. The molecule has 0 spiro atoms. The van der Waals surface area contributed by atoms with Gasteiger partial charge in [-0.1, -0.05) is 0 Å². The van der Waals surface area contributed by atoms with Gasteiger partial charge >= 0.3 is 0 Å². The summed E-state index contributed by atoms with van der Waals surface area (Å²) in [6, 6.07) is 0. The molecule has 0 aliphatic carbocycles. The molecule has 3 aromatic heterocycles. The molecule has 18 heavy (non-hydrogen) atoms. The van der Waals surface area contributed by atoms with Crippen molar-refractivity contribution in [1.82, 2.24) is 19.5 Å². The van der Waals surface area contributed by atoms with E-state index >= 15 is 0 Å². The molecule has 0 atom stereocenters. The molecule has 3 aromatic rings. The monoisotopic (exact) mass is 258 g/mol. The van der Waals surface area contributed by atoms with Crippen molar-refractivity contribution < 1.29 is 0 Å². The number of nitrogens with zero attached hydrogens (tertiary/aromatic N) is 4. The molecule has 0 amide bonds. The van der Waals surface area contributed by atoms with Gasteiger partial charge in [0.25, 0.3) is 0 Å². The minimum atomic E-state index is -0.00990. The average molecular weight is 258 g/mol. The Morgan fingerprint density at radius 1 is 1.17 bits per heavy atom. The van der Waals surface area contributed by atoms with Crippen molar-refractivity contribution in [3.63, 3.8) is 0 Å². The van der Waals surface area contributed by atoms with E-state index in [1.165, 1.54) is 0 Å². The maximum absolute atomic E-state index is 4.47. The molecule has 4 nitrogen and oxygen atoms in total. The Hall–Kier alpha value is -1.75. The van der Waals surface area contributed by atoms with Crippen molar-refractivity contribution in [1.29, 1.82) is 0 Å². The molecule has 0 saturated heterocycles. The van der Waals surface area contributed by atoms with Crippen LogP contribution in [0.1, 0.15) is 20.8 Å². The van der Waals surface area contributed by atoms with Crippen LogP contribution in [0.2, 0.25) is 0 Å². The number of hydrogen-bond acceptors (Lipinski definition) is 4. The van der Waals surface area contributed by atoms with E-state index in [0.717, 1.165) is 21.6 Å². The molecule has 0 aliphatic heterocycles. The van der Waals surface area contributed by atoms with Gasteiger partial charge in [0, 0.05) is 30.3 Å². The van der Waals surface area contributed by atoms with Gasteiger partial charge < -0.3 is 4.57 Å². The van der Waals surface area contributed by atoms with E-state index < -0.39 is 0 Å². The summed E-state index contributed by atoms with van der Waals surface area (Å²) in [4.78, 5) is 13.2. The van der Waals surface area contributed by atoms with Gasteiger partial charge in [-0.3, -0.25) is 4.98 Å². The highest BCUT2D eigenvalue weighted by molar-refractivity contribution is 7.16. The Bertz CT molecular complexity index is 690. The number of imidazole rings is 1. The van der Waals surface area contributed by atoms with Crippen LogP contribution < -0.4 is 0 Å². The van der Waals surface area contributed by atoms with Crippen LogP contribution in [0.15, 0.2) is 30.3 Å². The predicted octanol–water partition coefficient (Wildman–Crippen LogP) is 3.31. The molecular weight excluding hydrogens is 244 g/mol. The molecule has 3 heterocycles. The molecule has 0 aromatic carbocycles. The van der Waals surface area contributed by atoms with Crippen LogP contribution in [-0.2, 0) is 5.54 Å².